The molecule has 2 atom stereocenters. The lowest BCUT2D eigenvalue weighted by Gasteiger charge is -2.60. The van der Waals surface area contributed by atoms with E-state index in [2.05, 4.69) is 0 Å². The maximum absolute atomic E-state index is 11.8. The first-order valence-electron chi connectivity index (χ1n) is 6.17. The van der Waals surface area contributed by atoms with Crippen molar-refractivity contribution in [3.8, 4) is 0 Å². The van der Waals surface area contributed by atoms with E-state index in [4.69, 9.17) is 9.47 Å². The topological polar surface area (TPSA) is 59.1 Å². The van der Waals surface area contributed by atoms with Crippen molar-refractivity contribution in [1.29, 1.82) is 0 Å². The first-order chi connectivity index (χ1) is 8.33. The van der Waals surface area contributed by atoms with E-state index < -0.39 is 11.4 Å². The Morgan fingerprint density at radius 3 is 1.50 bits per heavy atom. The molecule has 6 heteroatoms. The zero-order valence-corrected chi connectivity index (χ0v) is 11.4. The van der Waals surface area contributed by atoms with Crippen molar-refractivity contribution in [3.05, 3.63) is 0 Å². The third-order valence-electron chi connectivity index (χ3n) is 4.05. The van der Waals surface area contributed by atoms with E-state index >= 15 is 0 Å². The minimum absolute atomic E-state index is 0.0718. The number of fused-ring (bicyclic) bond motifs is 1. The molecule has 18 heavy (non-hydrogen) atoms. The summed E-state index contributed by atoms with van der Waals surface area (Å²) >= 11 is 0. The molecule has 0 bridgehead atoms. The van der Waals surface area contributed by atoms with Gasteiger partial charge in [0, 0.05) is 26.9 Å². The summed E-state index contributed by atoms with van der Waals surface area (Å²) < 4.78 is 11.6. The Morgan fingerprint density at radius 1 is 0.889 bits per heavy atom. The highest BCUT2D eigenvalue weighted by molar-refractivity contribution is 5.76. The fourth-order valence-electron chi connectivity index (χ4n) is 2.94. The standard InChI is InChI=1S/C12H20N2O4/c1-9(15)13-5-7-18-12(4)11(13,3)17-8-6-14(12)10(2)16/h5-8H2,1-4H3/t11-,12-/m1/s1. The molecular formula is C12H20N2O4. The quantitative estimate of drug-likeness (QED) is 0.620. The molecule has 2 aliphatic heterocycles. The Morgan fingerprint density at radius 2 is 1.22 bits per heavy atom. The summed E-state index contributed by atoms with van der Waals surface area (Å²) in [5, 5.41) is 0. The van der Waals surface area contributed by atoms with Crippen LogP contribution in [-0.4, -0.2) is 59.4 Å². The molecule has 2 aliphatic rings. The average Bonchev–Trinajstić information content (AvgIpc) is 2.27. The van der Waals surface area contributed by atoms with E-state index in [1.807, 2.05) is 13.8 Å². The van der Waals surface area contributed by atoms with Crippen molar-refractivity contribution < 1.29 is 19.1 Å². The summed E-state index contributed by atoms with van der Waals surface area (Å²) in [5.41, 5.74) is -1.86. The van der Waals surface area contributed by atoms with Gasteiger partial charge in [-0.2, -0.15) is 0 Å². The highest BCUT2D eigenvalue weighted by Crippen LogP contribution is 2.41. The molecule has 2 amide bonds. The maximum Gasteiger partial charge on any atom is 0.221 e. The maximum atomic E-state index is 11.8. The molecule has 2 fully saturated rings. The van der Waals surface area contributed by atoms with Crippen LogP contribution in [0.25, 0.3) is 0 Å². The molecular weight excluding hydrogens is 236 g/mol. The summed E-state index contributed by atoms with van der Waals surface area (Å²) in [4.78, 5) is 26.8. The number of carbonyl (C=O) groups is 2. The Hall–Kier alpha value is -1.14. The van der Waals surface area contributed by atoms with E-state index in [9.17, 15) is 9.59 Å². The van der Waals surface area contributed by atoms with Gasteiger partial charge < -0.3 is 19.3 Å². The Labute approximate surface area is 107 Å². The Kier molecular flexibility index (Phi) is 3.11. The SMILES string of the molecule is CC(=O)N1CCO[C@@]2(C)N(C(C)=O)CCO[C@@]12C. The van der Waals surface area contributed by atoms with Crippen LogP contribution in [0.15, 0.2) is 0 Å². The number of amides is 2. The highest BCUT2D eigenvalue weighted by atomic mass is 16.6. The van der Waals surface area contributed by atoms with Crippen molar-refractivity contribution in [2.24, 2.45) is 0 Å². The fourth-order valence-corrected chi connectivity index (χ4v) is 2.94. The van der Waals surface area contributed by atoms with Crippen LogP contribution in [0, 0.1) is 0 Å². The minimum Gasteiger partial charge on any atom is -0.349 e. The normalized spacial score (nSPS) is 36.2. The minimum atomic E-state index is -0.930. The highest BCUT2D eigenvalue weighted by Gasteiger charge is 2.60. The monoisotopic (exact) mass is 256 g/mol. The summed E-state index contributed by atoms with van der Waals surface area (Å²) in [6.07, 6.45) is 0. The van der Waals surface area contributed by atoms with Crippen molar-refractivity contribution >= 4 is 11.8 Å². The van der Waals surface area contributed by atoms with E-state index in [0.717, 1.165) is 0 Å². The lowest BCUT2D eigenvalue weighted by molar-refractivity contribution is -0.348. The molecule has 102 valence electrons. The van der Waals surface area contributed by atoms with Gasteiger partial charge in [0.1, 0.15) is 0 Å². The molecule has 2 heterocycles. The molecule has 2 rings (SSSR count). The van der Waals surface area contributed by atoms with Gasteiger partial charge in [-0.05, 0) is 13.8 Å². The molecule has 0 unspecified atom stereocenters. The van der Waals surface area contributed by atoms with E-state index in [1.54, 1.807) is 9.80 Å². The van der Waals surface area contributed by atoms with E-state index in [0.29, 0.717) is 26.3 Å². The Balaban J connectivity index is 2.43. The molecule has 6 nitrogen and oxygen atoms in total. The molecule has 0 aliphatic carbocycles. The smallest absolute Gasteiger partial charge is 0.221 e. The van der Waals surface area contributed by atoms with Crippen LogP contribution >= 0.6 is 0 Å². The van der Waals surface area contributed by atoms with Gasteiger partial charge in [-0.25, -0.2) is 0 Å². The number of hydrogen-bond acceptors (Lipinski definition) is 4. The lowest BCUT2D eigenvalue weighted by atomic mass is 9.94. The summed E-state index contributed by atoms with van der Waals surface area (Å²) in [6.45, 7) is 8.39. The molecule has 0 aromatic heterocycles. The zero-order valence-electron chi connectivity index (χ0n) is 11.4. The average molecular weight is 256 g/mol. The molecule has 0 saturated carbocycles. The van der Waals surface area contributed by atoms with Crippen molar-refractivity contribution in [3.63, 3.8) is 0 Å². The second-order valence-corrected chi connectivity index (χ2v) is 5.00. The van der Waals surface area contributed by atoms with Gasteiger partial charge in [0.15, 0.2) is 11.4 Å². The molecule has 0 radical (unpaired) electrons. The summed E-state index contributed by atoms with van der Waals surface area (Å²) in [5.74, 6) is -0.144. The first kappa shape index (κ1) is 13.3. The molecule has 0 spiro atoms. The second-order valence-electron chi connectivity index (χ2n) is 5.00. The van der Waals surface area contributed by atoms with Crippen molar-refractivity contribution in [1.82, 2.24) is 9.80 Å². The number of hydrogen-bond donors (Lipinski definition) is 0. The van der Waals surface area contributed by atoms with Crippen LogP contribution in [0.5, 0.6) is 0 Å². The molecule has 0 N–H and O–H groups in total. The number of nitrogens with zero attached hydrogens (tertiary/aromatic N) is 2. The Bertz CT molecular complexity index is 350. The summed E-state index contributed by atoms with van der Waals surface area (Å²) in [6, 6.07) is 0. The predicted molar refractivity (Wildman–Crippen MR) is 63.5 cm³/mol. The first-order valence-corrected chi connectivity index (χ1v) is 6.17. The van der Waals surface area contributed by atoms with Crippen LogP contribution in [0.1, 0.15) is 27.7 Å². The molecule has 2 saturated heterocycles. The predicted octanol–water partition coefficient (Wildman–Crippen LogP) is 0.176. The molecule has 0 aromatic rings. The van der Waals surface area contributed by atoms with Gasteiger partial charge in [0.2, 0.25) is 11.8 Å². The largest absolute Gasteiger partial charge is 0.349 e. The van der Waals surface area contributed by atoms with Crippen LogP contribution in [-0.2, 0) is 19.1 Å². The van der Waals surface area contributed by atoms with Gasteiger partial charge in [0.25, 0.3) is 0 Å². The van der Waals surface area contributed by atoms with E-state index in [1.165, 1.54) is 13.8 Å². The second kappa shape index (κ2) is 4.20. The van der Waals surface area contributed by atoms with Gasteiger partial charge in [-0.1, -0.05) is 0 Å². The van der Waals surface area contributed by atoms with Gasteiger partial charge in [-0.3, -0.25) is 9.59 Å². The van der Waals surface area contributed by atoms with Gasteiger partial charge >= 0.3 is 0 Å². The number of ether oxygens (including phenoxy) is 2. The van der Waals surface area contributed by atoms with Crippen molar-refractivity contribution in [2.75, 3.05) is 26.3 Å². The zero-order chi connectivity index (χ0) is 13.6. The van der Waals surface area contributed by atoms with Crippen LogP contribution in [0.4, 0.5) is 0 Å². The van der Waals surface area contributed by atoms with Crippen LogP contribution in [0.2, 0.25) is 0 Å². The number of morpholine rings is 2. The number of carbonyl (C=O) groups excluding carboxylic acids is 2. The number of rotatable bonds is 0. The van der Waals surface area contributed by atoms with Gasteiger partial charge in [0.05, 0.1) is 13.2 Å². The summed E-state index contributed by atoms with van der Waals surface area (Å²) in [7, 11) is 0. The lowest BCUT2D eigenvalue weighted by Crippen LogP contribution is -2.78. The van der Waals surface area contributed by atoms with Crippen LogP contribution < -0.4 is 0 Å². The van der Waals surface area contributed by atoms with Gasteiger partial charge in [-0.15, -0.1) is 0 Å². The third-order valence-corrected chi connectivity index (χ3v) is 4.05. The molecule has 0 aromatic carbocycles. The van der Waals surface area contributed by atoms with Crippen LogP contribution in [0.3, 0.4) is 0 Å². The third kappa shape index (κ3) is 1.63. The fraction of sp³-hybridized carbons (Fsp3) is 0.833. The van der Waals surface area contributed by atoms with E-state index in [-0.39, 0.29) is 11.8 Å². The van der Waals surface area contributed by atoms with Crippen molar-refractivity contribution in [2.45, 2.75) is 39.1 Å².